The van der Waals surface area contributed by atoms with Crippen LogP contribution in [0.2, 0.25) is 0 Å². The van der Waals surface area contributed by atoms with Gasteiger partial charge in [0, 0.05) is 11.0 Å². The first-order valence-corrected chi connectivity index (χ1v) is 6.37. The van der Waals surface area contributed by atoms with E-state index in [4.69, 9.17) is 10.5 Å². The number of halogens is 3. The first kappa shape index (κ1) is 12.8. The van der Waals surface area contributed by atoms with Crippen LogP contribution in [0.25, 0.3) is 0 Å². The fourth-order valence-electron chi connectivity index (χ4n) is 3.04. The zero-order chi connectivity index (χ0) is 13.9. The molecule has 19 heavy (non-hydrogen) atoms. The number of benzene rings is 1. The monoisotopic (exact) mass is 271 g/mol. The Morgan fingerprint density at radius 3 is 2.21 bits per heavy atom. The van der Waals surface area contributed by atoms with Crippen LogP contribution in [0.15, 0.2) is 18.2 Å². The average Bonchev–Trinajstić information content (AvgIpc) is 3.22. The van der Waals surface area contributed by atoms with Crippen LogP contribution < -0.4 is 10.5 Å². The molecule has 1 aromatic rings. The number of hydrogen-bond acceptors (Lipinski definition) is 2. The summed E-state index contributed by atoms with van der Waals surface area (Å²) < 4.78 is 43.9. The minimum Gasteiger partial charge on any atom is -0.496 e. The van der Waals surface area contributed by atoms with Crippen molar-refractivity contribution in [3.05, 3.63) is 29.3 Å². The maximum atomic E-state index is 13.0. The number of ether oxygens (including phenoxy) is 1. The highest BCUT2D eigenvalue weighted by molar-refractivity contribution is 5.47. The molecule has 1 aromatic carbocycles. The molecule has 0 saturated heterocycles. The molecule has 2 fully saturated rings. The van der Waals surface area contributed by atoms with Crippen LogP contribution >= 0.6 is 0 Å². The van der Waals surface area contributed by atoms with Crippen molar-refractivity contribution < 1.29 is 17.9 Å². The van der Waals surface area contributed by atoms with Gasteiger partial charge in [-0.1, -0.05) is 6.07 Å². The maximum absolute atomic E-state index is 13.0. The van der Waals surface area contributed by atoms with Gasteiger partial charge >= 0.3 is 6.18 Å². The maximum Gasteiger partial charge on any atom is 0.419 e. The molecule has 0 heterocycles. The Morgan fingerprint density at radius 1 is 1.16 bits per heavy atom. The Labute approximate surface area is 109 Å². The van der Waals surface area contributed by atoms with E-state index < -0.39 is 11.7 Å². The van der Waals surface area contributed by atoms with Crippen molar-refractivity contribution in [2.24, 2.45) is 5.73 Å². The number of nitrogens with two attached hydrogens (primary N) is 1. The lowest BCUT2D eigenvalue weighted by molar-refractivity contribution is -0.138. The van der Waals surface area contributed by atoms with Gasteiger partial charge < -0.3 is 10.5 Å². The number of hydrogen-bond donors (Lipinski definition) is 1. The average molecular weight is 271 g/mol. The third kappa shape index (κ3) is 1.83. The van der Waals surface area contributed by atoms with Crippen LogP contribution in [0.5, 0.6) is 5.75 Å². The summed E-state index contributed by atoms with van der Waals surface area (Å²) in [6.45, 7) is 0. The summed E-state index contributed by atoms with van der Waals surface area (Å²) in [6, 6.07) is 4.36. The van der Waals surface area contributed by atoms with Crippen molar-refractivity contribution >= 4 is 0 Å². The SMILES string of the molecule is COc1ccc(C2(C3(N)CC3)CC2)cc1C(F)(F)F. The van der Waals surface area contributed by atoms with Crippen molar-refractivity contribution in [3.8, 4) is 5.75 Å². The van der Waals surface area contributed by atoms with Crippen LogP contribution in [0.3, 0.4) is 0 Å². The summed E-state index contributed by atoms with van der Waals surface area (Å²) in [5, 5.41) is 0. The second kappa shape index (κ2) is 3.66. The molecule has 0 aliphatic heterocycles. The zero-order valence-electron chi connectivity index (χ0n) is 10.7. The molecule has 2 N–H and O–H groups in total. The predicted molar refractivity (Wildman–Crippen MR) is 65.1 cm³/mol. The third-order valence-electron chi connectivity index (χ3n) is 4.55. The van der Waals surface area contributed by atoms with Crippen molar-refractivity contribution in [3.63, 3.8) is 0 Å². The Morgan fingerprint density at radius 2 is 1.79 bits per heavy atom. The Balaban J connectivity index is 2.05. The van der Waals surface area contributed by atoms with Gasteiger partial charge in [0.25, 0.3) is 0 Å². The van der Waals surface area contributed by atoms with E-state index in [1.807, 2.05) is 0 Å². The lowest BCUT2D eigenvalue weighted by Crippen LogP contribution is -2.37. The molecule has 2 aliphatic rings. The number of alkyl halides is 3. The standard InChI is InChI=1S/C14H16F3NO/c1-19-11-3-2-9(8-10(11)14(15,16)17)12(4-5-12)13(18)6-7-13/h2-3,8H,4-7,18H2,1H3. The van der Waals surface area contributed by atoms with Crippen LogP contribution in [0, 0.1) is 0 Å². The van der Waals surface area contributed by atoms with Gasteiger partial charge in [-0.05, 0) is 43.4 Å². The van der Waals surface area contributed by atoms with Crippen molar-refractivity contribution in [1.82, 2.24) is 0 Å². The highest BCUT2D eigenvalue weighted by Gasteiger charge is 2.64. The van der Waals surface area contributed by atoms with Gasteiger partial charge in [0.15, 0.2) is 0 Å². The summed E-state index contributed by atoms with van der Waals surface area (Å²) >= 11 is 0. The molecule has 0 unspecified atom stereocenters. The van der Waals surface area contributed by atoms with Crippen LogP contribution in [-0.2, 0) is 11.6 Å². The molecule has 0 atom stereocenters. The highest BCUT2D eigenvalue weighted by atomic mass is 19.4. The fraction of sp³-hybridized carbons (Fsp3) is 0.571. The van der Waals surface area contributed by atoms with Crippen LogP contribution in [0.1, 0.15) is 36.8 Å². The molecule has 0 bridgehead atoms. The van der Waals surface area contributed by atoms with E-state index in [2.05, 4.69) is 0 Å². The summed E-state index contributed by atoms with van der Waals surface area (Å²) in [6.07, 6.45) is -0.830. The molecule has 5 heteroatoms. The predicted octanol–water partition coefficient (Wildman–Crippen LogP) is 3.24. The normalized spacial score (nSPS) is 23.0. The first-order chi connectivity index (χ1) is 8.82. The molecule has 3 rings (SSSR count). The fourth-order valence-corrected chi connectivity index (χ4v) is 3.04. The van der Waals surface area contributed by atoms with Gasteiger partial charge in [0.05, 0.1) is 12.7 Å². The van der Waals surface area contributed by atoms with Crippen molar-refractivity contribution in [2.75, 3.05) is 7.11 Å². The van der Waals surface area contributed by atoms with E-state index in [1.165, 1.54) is 19.2 Å². The molecule has 2 saturated carbocycles. The Bertz CT molecular complexity index is 516. The molecule has 2 nitrogen and oxygen atoms in total. The summed E-state index contributed by atoms with van der Waals surface area (Å²) in [5.41, 5.74) is 5.72. The van der Waals surface area contributed by atoms with Gasteiger partial charge in [-0.2, -0.15) is 13.2 Å². The van der Waals surface area contributed by atoms with Gasteiger partial charge in [0.1, 0.15) is 5.75 Å². The largest absolute Gasteiger partial charge is 0.496 e. The van der Waals surface area contributed by atoms with E-state index >= 15 is 0 Å². The van der Waals surface area contributed by atoms with E-state index in [0.29, 0.717) is 5.56 Å². The number of methoxy groups -OCH3 is 1. The van der Waals surface area contributed by atoms with E-state index in [-0.39, 0.29) is 16.7 Å². The first-order valence-electron chi connectivity index (χ1n) is 6.37. The Hall–Kier alpha value is -1.23. The van der Waals surface area contributed by atoms with Gasteiger partial charge in [0.2, 0.25) is 0 Å². The molecule has 0 amide bonds. The summed E-state index contributed by atoms with van der Waals surface area (Å²) in [4.78, 5) is 0. The lowest BCUT2D eigenvalue weighted by Gasteiger charge is -2.25. The van der Waals surface area contributed by atoms with E-state index in [1.54, 1.807) is 6.07 Å². The minimum atomic E-state index is -4.40. The minimum absolute atomic E-state index is 0.131. The number of rotatable bonds is 3. The molecule has 2 aliphatic carbocycles. The van der Waals surface area contributed by atoms with E-state index in [9.17, 15) is 13.2 Å². The van der Waals surface area contributed by atoms with Crippen molar-refractivity contribution in [2.45, 2.75) is 42.8 Å². The molecule has 104 valence electrons. The van der Waals surface area contributed by atoms with E-state index in [0.717, 1.165) is 25.7 Å². The van der Waals surface area contributed by atoms with Crippen LogP contribution in [0.4, 0.5) is 13.2 Å². The second-order valence-electron chi connectivity index (χ2n) is 5.65. The highest BCUT2D eigenvalue weighted by Crippen LogP contribution is 2.64. The quantitative estimate of drug-likeness (QED) is 0.916. The van der Waals surface area contributed by atoms with Crippen molar-refractivity contribution in [1.29, 1.82) is 0 Å². The molecule has 0 aromatic heterocycles. The Kier molecular flexibility index (Phi) is 2.46. The molecule has 0 radical (unpaired) electrons. The molecular formula is C14H16F3NO. The second-order valence-corrected chi connectivity index (χ2v) is 5.65. The lowest BCUT2D eigenvalue weighted by atomic mass is 9.85. The summed E-state index contributed by atoms with van der Waals surface area (Å²) in [7, 11) is 1.25. The summed E-state index contributed by atoms with van der Waals surface area (Å²) in [5.74, 6) is -0.131. The van der Waals surface area contributed by atoms with Gasteiger partial charge in [-0.3, -0.25) is 0 Å². The molecular weight excluding hydrogens is 255 g/mol. The zero-order valence-corrected chi connectivity index (χ0v) is 10.7. The smallest absolute Gasteiger partial charge is 0.419 e. The van der Waals surface area contributed by atoms with Gasteiger partial charge in [-0.15, -0.1) is 0 Å². The van der Waals surface area contributed by atoms with Gasteiger partial charge in [-0.25, -0.2) is 0 Å². The molecule has 0 spiro atoms. The topological polar surface area (TPSA) is 35.2 Å². The third-order valence-corrected chi connectivity index (χ3v) is 4.55. The van der Waals surface area contributed by atoms with Crippen LogP contribution in [-0.4, -0.2) is 12.6 Å².